The van der Waals surface area contributed by atoms with Gasteiger partial charge in [-0.3, -0.25) is 0 Å². The fraction of sp³-hybridized carbons (Fsp3) is 0.267. The number of pyridine rings is 1. The summed E-state index contributed by atoms with van der Waals surface area (Å²) >= 11 is 7.53. The summed E-state index contributed by atoms with van der Waals surface area (Å²) in [4.78, 5) is 5.55. The first-order valence-electron chi connectivity index (χ1n) is 6.32. The SMILES string of the molecule is CCNC(C)c1ccnc(Sc2ccc(Cl)cc2)c1. The maximum atomic E-state index is 5.88. The average Bonchev–Trinajstić information content (AvgIpc) is 2.42. The third-order valence-corrected chi connectivity index (χ3v) is 4.00. The molecule has 19 heavy (non-hydrogen) atoms. The topological polar surface area (TPSA) is 24.9 Å². The van der Waals surface area contributed by atoms with Crippen LogP contribution < -0.4 is 5.32 Å². The summed E-state index contributed by atoms with van der Waals surface area (Å²) in [5.74, 6) is 0. The van der Waals surface area contributed by atoms with Gasteiger partial charge in [0.15, 0.2) is 0 Å². The normalized spacial score (nSPS) is 12.4. The van der Waals surface area contributed by atoms with Crippen molar-refractivity contribution < 1.29 is 0 Å². The summed E-state index contributed by atoms with van der Waals surface area (Å²) in [7, 11) is 0. The van der Waals surface area contributed by atoms with E-state index in [1.165, 1.54) is 5.56 Å². The summed E-state index contributed by atoms with van der Waals surface area (Å²) in [5, 5.41) is 5.17. The Labute approximate surface area is 123 Å². The van der Waals surface area contributed by atoms with Crippen LogP contribution in [0.25, 0.3) is 0 Å². The molecule has 1 heterocycles. The Kier molecular flexibility index (Phi) is 5.25. The predicted molar refractivity (Wildman–Crippen MR) is 81.9 cm³/mol. The van der Waals surface area contributed by atoms with Crippen LogP contribution in [0, 0.1) is 0 Å². The van der Waals surface area contributed by atoms with Crippen molar-refractivity contribution in [3.63, 3.8) is 0 Å². The van der Waals surface area contributed by atoms with Crippen LogP contribution in [0.5, 0.6) is 0 Å². The van der Waals surface area contributed by atoms with Gasteiger partial charge in [-0.15, -0.1) is 0 Å². The second-order valence-electron chi connectivity index (χ2n) is 4.26. The number of halogens is 1. The monoisotopic (exact) mass is 292 g/mol. The zero-order valence-corrected chi connectivity index (χ0v) is 12.6. The minimum absolute atomic E-state index is 0.345. The van der Waals surface area contributed by atoms with Crippen LogP contribution in [0.1, 0.15) is 25.5 Å². The van der Waals surface area contributed by atoms with E-state index in [9.17, 15) is 0 Å². The molecular formula is C15H17ClN2S. The fourth-order valence-electron chi connectivity index (χ4n) is 1.80. The molecule has 0 aliphatic carbocycles. The number of nitrogens with zero attached hydrogens (tertiary/aromatic N) is 1. The highest BCUT2D eigenvalue weighted by molar-refractivity contribution is 7.99. The number of hydrogen-bond acceptors (Lipinski definition) is 3. The highest BCUT2D eigenvalue weighted by atomic mass is 35.5. The van der Waals surface area contributed by atoms with E-state index in [0.717, 1.165) is 21.5 Å². The van der Waals surface area contributed by atoms with Gasteiger partial charge in [0.05, 0.1) is 0 Å². The summed E-state index contributed by atoms with van der Waals surface area (Å²) in [6.45, 7) is 5.24. The van der Waals surface area contributed by atoms with Crippen molar-refractivity contribution in [3.05, 3.63) is 53.2 Å². The van der Waals surface area contributed by atoms with Gasteiger partial charge in [0.25, 0.3) is 0 Å². The second kappa shape index (κ2) is 6.94. The standard InChI is InChI=1S/C15H17ClN2S/c1-3-17-11(2)12-8-9-18-15(10-12)19-14-6-4-13(16)5-7-14/h4-11,17H,3H2,1-2H3. The van der Waals surface area contributed by atoms with E-state index in [0.29, 0.717) is 6.04 Å². The first-order chi connectivity index (χ1) is 9.19. The third-order valence-electron chi connectivity index (χ3n) is 2.81. The number of nitrogens with one attached hydrogen (secondary N) is 1. The van der Waals surface area contributed by atoms with E-state index in [4.69, 9.17) is 11.6 Å². The molecule has 0 aliphatic rings. The molecule has 0 radical (unpaired) electrons. The van der Waals surface area contributed by atoms with Gasteiger partial charge in [-0.25, -0.2) is 4.98 Å². The molecule has 1 atom stereocenters. The van der Waals surface area contributed by atoms with Gasteiger partial charge in [-0.05, 0) is 55.4 Å². The lowest BCUT2D eigenvalue weighted by atomic mass is 10.1. The second-order valence-corrected chi connectivity index (χ2v) is 5.79. The summed E-state index contributed by atoms with van der Waals surface area (Å²) < 4.78 is 0. The lowest BCUT2D eigenvalue weighted by Crippen LogP contribution is -2.17. The van der Waals surface area contributed by atoms with Crippen molar-refractivity contribution in [3.8, 4) is 0 Å². The minimum Gasteiger partial charge on any atom is -0.310 e. The Morgan fingerprint density at radius 2 is 2.00 bits per heavy atom. The summed E-state index contributed by atoms with van der Waals surface area (Å²) in [6.07, 6.45) is 1.86. The lowest BCUT2D eigenvalue weighted by Gasteiger charge is -2.13. The Bertz CT molecular complexity index is 528. The van der Waals surface area contributed by atoms with Gasteiger partial charge in [0.2, 0.25) is 0 Å². The van der Waals surface area contributed by atoms with E-state index in [1.807, 2.05) is 30.5 Å². The van der Waals surface area contributed by atoms with Crippen LogP contribution >= 0.6 is 23.4 Å². The molecule has 2 aromatic rings. The lowest BCUT2D eigenvalue weighted by molar-refractivity contribution is 0.596. The van der Waals surface area contributed by atoms with Crippen molar-refractivity contribution in [1.82, 2.24) is 10.3 Å². The largest absolute Gasteiger partial charge is 0.310 e. The zero-order valence-electron chi connectivity index (χ0n) is 11.1. The van der Waals surface area contributed by atoms with Crippen LogP contribution in [-0.4, -0.2) is 11.5 Å². The van der Waals surface area contributed by atoms with Crippen LogP contribution in [0.15, 0.2) is 52.5 Å². The number of rotatable bonds is 5. The molecule has 0 saturated carbocycles. The molecule has 100 valence electrons. The van der Waals surface area contributed by atoms with Gasteiger partial charge in [0, 0.05) is 22.2 Å². The van der Waals surface area contributed by atoms with Gasteiger partial charge in [-0.2, -0.15) is 0 Å². The van der Waals surface area contributed by atoms with Crippen molar-refractivity contribution in [2.24, 2.45) is 0 Å². The Morgan fingerprint density at radius 1 is 1.26 bits per heavy atom. The molecule has 0 saturated heterocycles. The highest BCUT2D eigenvalue weighted by Crippen LogP contribution is 2.28. The van der Waals surface area contributed by atoms with E-state index in [-0.39, 0.29) is 0 Å². The molecule has 1 aromatic carbocycles. The Balaban J connectivity index is 2.12. The molecule has 0 bridgehead atoms. The maximum absolute atomic E-state index is 5.88. The van der Waals surface area contributed by atoms with E-state index in [1.54, 1.807) is 11.8 Å². The van der Waals surface area contributed by atoms with Gasteiger partial charge in [-0.1, -0.05) is 30.3 Å². The molecule has 4 heteroatoms. The Hall–Kier alpha value is -1.03. The molecule has 1 N–H and O–H groups in total. The smallest absolute Gasteiger partial charge is 0.101 e. The molecule has 2 nitrogen and oxygen atoms in total. The van der Waals surface area contributed by atoms with Crippen LogP contribution in [0.2, 0.25) is 5.02 Å². The Morgan fingerprint density at radius 3 is 2.68 bits per heavy atom. The number of benzene rings is 1. The van der Waals surface area contributed by atoms with Gasteiger partial charge < -0.3 is 5.32 Å². The molecule has 1 aromatic heterocycles. The van der Waals surface area contributed by atoms with E-state index in [2.05, 4.69) is 36.3 Å². The molecule has 2 rings (SSSR count). The molecular weight excluding hydrogens is 276 g/mol. The van der Waals surface area contributed by atoms with Crippen LogP contribution in [0.4, 0.5) is 0 Å². The molecule has 0 spiro atoms. The number of aromatic nitrogens is 1. The summed E-state index contributed by atoms with van der Waals surface area (Å²) in [5.41, 5.74) is 1.26. The van der Waals surface area contributed by atoms with Crippen LogP contribution in [0.3, 0.4) is 0 Å². The molecule has 0 aliphatic heterocycles. The molecule has 0 fully saturated rings. The van der Waals surface area contributed by atoms with Crippen molar-refractivity contribution in [2.75, 3.05) is 6.54 Å². The van der Waals surface area contributed by atoms with Crippen LogP contribution in [-0.2, 0) is 0 Å². The summed E-state index contributed by atoms with van der Waals surface area (Å²) in [6, 6.07) is 12.3. The fourth-order valence-corrected chi connectivity index (χ4v) is 2.75. The van der Waals surface area contributed by atoms with Crippen molar-refractivity contribution >= 4 is 23.4 Å². The van der Waals surface area contributed by atoms with Crippen molar-refractivity contribution in [2.45, 2.75) is 29.8 Å². The molecule has 1 unspecified atom stereocenters. The minimum atomic E-state index is 0.345. The maximum Gasteiger partial charge on any atom is 0.101 e. The predicted octanol–water partition coefficient (Wildman–Crippen LogP) is 4.56. The number of hydrogen-bond donors (Lipinski definition) is 1. The quantitative estimate of drug-likeness (QED) is 0.874. The molecule has 0 amide bonds. The van der Waals surface area contributed by atoms with Gasteiger partial charge >= 0.3 is 0 Å². The zero-order chi connectivity index (χ0) is 13.7. The van der Waals surface area contributed by atoms with E-state index < -0.39 is 0 Å². The van der Waals surface area contributed by atoms with E-state index >= 15 is 0 Å². The highest BCUT2D eigenvalue weighted by Gasteiger charge is 2.06. The average molecular weight is 293 g/mol. The first kappa shape index (κ1) is 14.4. The first-order valence-corrected chi connectivity index (χ1v) is 7.51. The van der Waals surface area contributed by atoms with Gasteiger partial charge in [0.1, 0.15) is 5.03 Å². The third kappa shape index (κ3) is 4.23. The van der Waals surface area contributed by atoms with Crippen molar-refractivity contribution in [1.29, 1.82) is 0 Å².